The highest BCUT2D eigenvalue weighted by atomic mass is 35.5. The van der Waals surface area contributed by atoms with E-state index < -0.39 is 0 Å². The number of hydrogen-bond donors (Lipinski definition) is 2. The predicted octanol–water partition coefficient (Wildman–Crippen LogP) is 4.34. The molecule has 3 aliphatic rings. The normalized spacial score (nSPS) is 19.4. The molecule has 1 unspecified atom stereocenters. The van der Waals surface area contributed by atoms with Crippen LogP contribution in [0.5, 0.6) is 23.0 Å². The van der Waals surface area contributed by atoms with Crippen molar-refractivity contribution in [1.29, 1.82) is 0 Å². The summed E-state index contributed by atoms with van der Waals surface area (Å²) in [5.74, 6) is 3.00. The molecule has 38 heavy (non-hydrogen) atoms. The lowest BCUT2D eigenvalue weighted by molar-refractivity contribution is -0.105. The SMILES string of the molecule is Clc1ccc2c(c1Nc1ncnc3cc(OCCCN4CCNCC4)cc(OC4CCCCO4)c13)OCO2. The lowest BCUT2D eigenvalue weighted by atomic mass is 10.1. The van der Waals surface area contributed by atoms with Crippen molar-refractivity contribution in [3.8, 4) is 23.0 Å². The van der Waals surface area contributed by atoms with Gasteiger partial charge in [0.1, 0.15) is 29.3 Å². The Morgan fingerprint density at radius 2 is 2.05 bits per heavy atom. The van der Waals surface area contributed by atoms with E-state index in [1.165, 1.54) is 6.33 Å². The summed E-state index contributed by atoms with van der Waals surface area (Å²) in [4.78, 5) is 11.5. The molecule has 2 fully saturated rings. The first-order chi connectivity index (χ1) is 18.7. The second-order valence-electron chi connectivity index (χ2n) is 9.53. The molecule has 0 amide bonds. The Hall–Kier alpha value is -3.05. The Kier molecular flexibility index (Phi) is 7.82. The minimum atomic E-state index is -0.343. The number of rotatable bonds is 9. The van der Waals surface area contributed by atoms with Crippen LogP contribution in [-0.4, -0.2) is 73.9 Å². The second kappa shape index (κ2) is 11.8. The van der Waals surface area contributed by atoms with Crippen molar-refractivity contribution in [2.45, 2.75) is 32.0 Å². The number of piperazine rings is 1. The zero-order chi connectivity index (χ0) is 25.7. The summed E-state index contributed by atoms with van der Waals surface area (Å²) in [6.45, 7) is 6.67. The lowest BCUT2D eigenvalue weighted by Crippen LogP contribution is -2.43. The molecule has 0 aliphatic carbocycles. The number of fused-ring (bicyclic) bond motifs is 2. The number of nitrogens with one attached hydrogen (secondary N) is 2. The summed E-state index contributed by atoms with van der Waals surface area (Å²) >= 11 is 6.54. The van der Waals surface area contributed by atoms with Gasteiger partial charge in [0.25, 0.3) is 0 Å². The van der Waals surface area contributed by atoms with Crippen LogP contribution in [0.2, 0.25) is 5.02 Å². The van der Waals surface area contributed by atoms with E-state index in [0.29, 0.717) is 63.6 Å². The quantitative estimate of drug-likeness (QED) is 0.381. The summed E-state index contributed by atoms with van der Waals surface area (Å²) in [7, 11) is 0. The Bertz CT molecular complexity index is 1270. The van der Waals surface area contributed by atoms with Gasteiger partial charge in [0.05, 0.1) is 29.1 Å². The van der Waals surface area contributed by atoms with Crippen LogP contribution in [0.4, 0.5) is 11.5 Å². The number of benzene rings is 2. The molecule has 0 bridgehead atoms. The van der Waals surface area contributed by atoms with Crippen LogP contribution < -0.4 is 29.6 Å². The summed E-state index contributed by atoms with van der Waals surface area (Å²) < 4.78 is 29.6. The molecule has 11 heteroatoms. The maximum absolute atomic E-state index is 6.54. The maximum Gasteiger partial charge on any atom is 0.231 e. The third-order valence-electron chi connectivity index (χ3n) is 6.90. The van der Waals surface area contributed by atoms with Crippen molar-refractivity contribution in [2.75, 3.05) is 58.0 Å². The number of hydrogen-bond acceptors (Lipinski definition) is 10. The van der Waals surface area contributed by atoms with E-state index in [9.17, 15) is 0 Å². The minimum Gasteiger partial charge on any atom is -0.493 e. The van der Waals surface area contributed by atoms with Crippen LogP contribution in [-0.2, 0) is 4.74 Å². The van der Waals surface area contributed by atoms with Crippen molar-refractivity contribution >= 4 is 34.0 Å². The minimum absolute atomic E-state index is 0.137. The molecule has 0 saturated carbocycles. The van der Waals surface area contributed by atoms with E-state index in [0.717, 1.165) is 58.4 Å². The van der Waals surface area contributed by atoms with Gasteiger partial charge in [-0.1, -0.05) is 11.6 Å². The molecule has 2 aromatic carbocycles. The first kappa shape index (κ1) is 25.2. The van der Waals surface area contributed by atoms with Gasteiger partial charge in [-0.25, -0.2) is 9.97 Å². The molecule has 1 atom stereocenters. The zero-order valence-corrected chi connectivity index (χ0v) is 22.0. The number of aromatic nitrogens is 2. The largest absolute Gasteiger partial charge is 0.493 e. The van der Waals surface area contributed by atoms with Gasteiger partial charge in [-0.3, -0.25) is 0 Å². The average molecular weight is 542 g/mol. The number of halogens is 1. The maximum atomic E-state index is 6.54. The van der Waals surface area contributed by atoms with E-state index in [4.69, 9.17) is 35.3 Å². The summed E-state index contributed by atoms with van der Waals surface area (Å²) in [6, 6.07) is 7.36. The molecule has 1 aromatic heterocycles. The molecule has 2 saturated heterocycles. The lowest BCUT2D eigenvalue weighted by Gasteiger charge is -2.27. The van der Waals surface area contributed by atoms with Crippen LogP contribution in [0.1, 0.15) is 25.7 Å². The Morgan fingerprint density at radius 1 is 1.13 bits per heavy atom. The van der Waals surface area contributed by atoms with Crippen LogP contribution in [0.25, 0.3) is 10.9 Å². The highest BCUT2D eigenvalue weighted by molar-refractivity contribution is 6.34. The molecule has 3 aliphatic heterocycles. The molecule has 0 spiro atoms. The molecular formula is C27H32ClN5O5. The molecule has 4 heterocycles. The molecule has 6 rings (SSSR count). The van der Waals surface area contributed by atoms with E-state index in [1.54, 1.807) is 12.1 Å². The Labute approximate surface area is 226 Å². The fourth-order valence-corrected chi connectivity index (χ4v) is 5.14. The second-order valence-corrected chi connectivity index (χ2v) is 9.93. The van der Waals surface area contributed by atoms with Gasteiger partial charge in [-0.15, -0.1) is 0 Å². The Balaban J connectivity index is 1.27. The first-order valence-electron chi connectivity index (χ1n) is 13.2. The summed E-state index contributed by atoms with van der Waals surface area (Å²) in [5, 5.41) is 7.93. The standard InChI is InChI=1S/C27H32ClN5O5/c28-19-5-6-21-26(37-17-36-21)25(19)32-27-24-20(30-16-31-27)14-18(15-22(24)38-23-4-1-2-12-35-23)34-13-3-9-33-10-7-29-8-11-33/h5-6,14-16,23,29H,1-4,7-13,17H2,(H,30,31,32). The van der Waals surface area contributed by atoms with Crippen molar-refractivity contribution < 1.29 is 23.7 Å². The monoisotopic (exact) mass is 541 g/mol. The van der Waals surface area contributed by atoms with E-state index >= 15 is 0 Å². The van der Waals surface area contributed by atoms with Gasteiger partial charge in [0, 0.05) is 51.3 Å². The molecule has 10 nitrogen and oxygen atoms in total. The summed E-state index contributed by atoms with van der Waals surface area (Å²) in [6.07, 6.45) is 5.01. The number of nitrogens with zero attached hydrogens (tertiary/aromatic N) is 3. The number of anilines is 2. The number of ether oxygens (including phenoxy) is 5. The van der Waals surface area contributed by atoms with Crippen molar-refractivity contribution in [1.82, 2.24) is 20.2 Å². The van der Waals surface area contributed by atoms with E-state index in [1.807, 2.05) is 12.1 Å². The van der Waals surface area contributed by atoms with E-state index in [-0.39, 0.29) is 13.1 Å². The first-order valence-corrected chi connectivity index (χ1v) is 13.6. The zero-order valence-electron chi connectivity index (χ0n) is 21.2. The predicted molar refractivity (Wildman–Crippen MR) is 144 cm³/mol. The van der Waals surface area contributed by atoms with Crippen molar-refractivity contribution in [3.63, 3.8) is 0 Å². The van der Waals surface area contributed by atoms with Gasteiger partial charge in [0.15, 0.2) is 17.8 Å². The van der Waals surface area contributed by atoms with Gasteiger partial charge in [0.2, 0.25) is 6.79 Å². The molecule has 3 aromatic rings. The smallest absolute Gasteiger partial charge is 0.231 e. The molecule has 202 valence electrons. The van der Waals surface area contributed by atoms with Crippen LogP contribution >= 0.6 is 11.6 Å². The van der Waals surface area contributed by atoms with Crippen LogP contribution in [0, 0.1) is 0 Å². The molecular weight excluding hydrogens is 510 g/mol. The van der Waals surface area contributed by atoms with Crippen molar-refractivity contribution in [2.24, 2.45) is 0 Å². The van der Waals surface area contributed by atoms with Crippen LogP contribution in [0.15, 0.2) is 30.6 Å². The third-order valence-corrected chi connectivity index (χ3v) is 7.22. The molecule has 2 N–H and O–H groups in total. The summed E-state index contributed by atoms with van der Waals surface area (Å²) in [5.41, 5.74) is 1.27. The van der Waals surface area contributed by atoms with Gasteiger partial charge in [-0.2, -0.15) is 0 Å². The average Bonchev–Trinajstić information content (AvgIpc) is 3.43. The van der Waals surface area contributed by atoms with Crippen molar-refractivity contribution in [3.05, 3.63) is 35.6 Å². The van der Waals surface area contributed by atoms with Gasteiger partial charge in [-0.05, 0) is 31.4 Å². The fourth-order valence-electron chi connectivity index (χ4n) is 4.94. The van der Waals surface area contributed by atoms with Gasteiger partial charge < -0.3 is 39.2 Å². The van der Waals surface area contributed by atoms with E-state index in [2.05, 4.69) is 25.5 Å². The highest BCUT2D eigenvalue weighted by Gasteiger charge is 2.24. The molecule has 0 radical (unpaired) electrons. The third kappa shape index (κ3) is 5.68. The van der Waals surface area contributed by atoms with Gasteiger partial charge >= 0.3 is 0 Å². The Morgan fingerprint density at radius 3 is 2.92 bits per heavy atom. The fraction of sp³-hybridized carbons (Fsp3) is 0.481. The topological polar surface area (TPSA) is 99.2 Å². The highest BCUT2D eigenvalue weighted by Crippen LogP contribution is 2.46. The van der Waals surface area contributed by atoms with Crippen LogP contribution in [0.3, 0.4) is 0 Å².